The van der Waals surface area contributed by atoms with Gasteiger partial charge in [-0.25, -0.2) is 0 Å². The third-order valence-electron chi connectivity index (χ3n) is 3.42. The molecule has 2 heterocycles. The average molecular weight is 263 g/mol. The first-order chi connectivity index (χ1) is 9.22. The number of carbonyl (C=O) groups is 1. The number of hydrogen-bond acceptors (Lipinski definition) is 4. The number of hydrogen-bond donors (Lipinski definition) is 1. The molecule has 0 saturated carbocycles. The van der Waals surface area contributed by atoms with E-state index in [-0.39, 0.29) is 12.0 Å². The largest absolute Gasteiger partial charge is 0.386 e. The van der Waals surface area contributed by atoms with Gasteiger partial charge in [-0.3, -0.25) is 9.78 Å². The van der Waals surface area contributed by atoms with Gasteiger partial charge < -0.3 is 15.0 Å². The van der Waals surface area contributed by atoms with Crippen LogP contribution < -0.4 is 5.32 Å². The van der Waals surface area contributed by atoms with Crippen molar-refractivity contribution in [2.24, 2.45) is 0 Å². The Hall–Kier alpha value is -1.62. The Bertz CT molecular complexity index is 430. The van der Waals surface area contributed by atoms with Gasteiger partial charge in [-0.1, -0.05) is 0 Å². The van der Waals surface area contributed by atoms with E-state index in [1.807, 2.05) is 7.05 Å². The lowest BCUT2D eigenvalue weighted by atomic mass is 10.1. The number of nitrogens with one attached hydrogen (secondary N) is 1. The number of rotatable bonds is 4. The molecule has 1 aromatic rings. The maximum Gasteiger partial charge on any atom is 0.255 e. The van der Waals surface area contributed by atoms with Crippen molar-refractivity contribution in [1.29, 1.82) is 0 Å². The second-order valence-electron chi connectivity index (χ2n) is 4.85. The zero-order valence-electron chi connectivity index (χ0n) is 11.6. The van der Waals surface area contributed by atoms with Gasteiger partial charge in [0.25, 0.3) is 5.91 Å². The van der Waals surface area contributed by atoms with Crippen LogP contribution in [0.3, 0.4) is 0 Å². The van der Waals surface area contributed by atoms with Crippen molar-refractivity contribution in [2.75, 3.05) is 32.6 Å². The fourth-order valence-corrected chi connectivity index (χ4v) is 2.33. The highest BCUT2D eigenvalue weighted by Crippen LogP contribution is 2.17. The highest BCUT2D eigenvalue weighted by Gasteiger charge is 2.21. The first-order valence-corrected chi connectivity index (χ1v) is 6.71. The molecule has 1 aromatic heterocycles. The quantitative estimate of drug-likeness (QED) is 0.899. The smallest absolute Gasteiger partial charge is 0.255 e. The minimum absolute atomic E-state index is 0.000855. The van der Waals surface area contributed by atoms with Gasteiger partial charge in [-0.05, 0) is 25.3 Å². The highest BCUT2D eigenvalue weighted by atomic mass is 16.5. The van der Waals surface area contributed by atoms with Crippen LogP contribution >= 0.6 is 0 Å². The van der Waals surface area contributed by atoms with Crippen LogP contribution in [0.5, 0.6) is 0 Å². The molecule has 0 spiro atoms. The van der Waals surface area contributed by atoms with Crippen molar-refractivity contribution in [3.05, 3.63) is 24.0 Å². The molecule has 5 heteroatoms. The van der Waals surface area contributed by atoms with Gasteiger partial charge in [0.1, 0.15) is 0 Å². The fraction of sp³-hybridized carbons (Fsp3) is 0.571. The van der Waals surface area contributed by atoms with Gasteiger partial charge in [0.15, 0.2) is 0 Å². The second-order valence-corrected chi connectivity index (χ2v) is 4.85. The molecule has 0 bridgehead atoms. The Morgan fingerprint density at radius 2 is 2.42 bits per heavy atom. The first-order valence-electron chi connectivity index (χ1n) is 6.71. The van der Waals surface area contributed by atoms with Crippen LogP contribution in [0.15, 0.2) is 18.5 Å². The number of likely N-dealkylation sites (N-methyl/N-ethyl adjacent to an activating group) is 1. The van der Waals surface area contributed by atoms with E-state index in [2.05, 4.69) is 10.3 Å². The average Bonchev–Trinajstić information content (AvgIpc) is 2.47. The Morgan fingerprint density at radius 3 is 3.11 bits per heavy atom. The summed E-state index contributed by atoms with van der Waals surface area (Å²) in [5.74, 6) is 0.000855. The number of amides is 1. The van der Waals surface area contributed by atoms with E-state index in [4.69, 9.17) is 4.74 Å². The molecule has 1 saturated heterocycles. The fourth-order valence-electron chi connectivity index (χ4n) is 2.33. The second kappa shape index (κ2) is 6.52. The molecule has 0 aromatic carbocycles. The summed E-state index contributed by atoms with van der Waals surface area (Å²) in [5, 5.41) is 2.99. The lowest BCUT2D eigenvalue weighted by molar-refractivity contribution is -0.000172. The molecule has 1 N–H and O–H groups in total. The summed E-state index contributed by atoms with van der Waals surface area (Å²) in [6.07, 6.45) is 6.82. The number of aromatic nitrogens is 1. The first kappa shape index (κ1) is 13.8. The lowest BCUT2D eigenvalue weighted by Crippen LogP contribution is -2.37. The number of carbonyl (C=O) groups excluding carboxylic acids is 1. The van der Waals surface area contributed by atoms with Crippen molar-refractivity contribution in [3.8, 4) is 0 Å². The van der Waals surface area contributed by atoms with E-state index in [1.54, 1.807) is 30.4 Å². The van der Waals surface area contributed by atoms with Gasteiger partial charge >= 0.3 is 0 Å². The van der Waals surface area contributed by atoms with Gasteiger partial charge in [0.2, 0.25) is 0 Å². The van der Waals surface area contributed by atoms with Gasteiger partial charge in [-0.15, -0.1) is 0 Å². The topological polar surface area (TPSA) is 54.5 Å². The van der Waals surface area contributed by atoms with Crippen LogP contribution in [0, 0.1) is 0 Å². The standard InChI is InChI=1S/C14H21N3O2/c1-15-13-9-16-7-6-12(13)14(18)17(2)10-11-5-3-4-8-19-11/h6-7,9,11,15H,3-5,8,10H2,1-2H3. The molecule has 0 radical (unpaired) electrons. The molecule has 1 fully saturated rings. The minimum Gasteiger partial charge on any atom is -0.386 e. The van der Waals surface area contributed by atoms with Crippen molar-refractivity contribution in [1.82, 2.24) is 9.88 Å². The summed E-state index contributed by atoms with van der Waals surface area (Å²) < 4.78 is 5.67. The van der Waals surface area contributed by atoms with Crippen LogP contribution in [0.2, 0.25) is 0 Å². The zero-order chi connectivity index (χ0) is 13.7. The molecular formula is C14H21N3O2. The summed E-state index contributed by atoms with van der Waals surface area (Å²) >= 11 is 0. The SMILES string of the molecule is CNc1cnccc1C(=O)N(C)CC1CCCCO1. The van der Waals surface area contributed by atoms with E-state index in [1.165, 1.54) is 6.42 Å². The van der Waals surface area contributed by atoms with Crippen molar-refractivity contribution >= 4 is 11.6 Å². The van der Waals surface area contributed by atoms with Crippen LogP contribution in [0.4, 0.5) is 5.69 Å². The molecular weight excluding hydrogens is 242 g/mol. The van der Waals surface area contributed by atoms with Crippen molar-refractivity contribution in [3.63, 3.8) is 0 Å². The number of anilines is 1. The molecule has 2 rings (SSSR count). The minimum atomic E-state index is 0.000855. The molecule has 1 aliphatic rings. The summed E-state index contributed by atoms with van der Waals surface area (Å²) in [6.45, 7) is 1.45. The Kier molecular flexibility index (Phi) is 4.74. The zero-order valence-corrected chi connectivity index (χ0v) is 11.6. The molecule has 19 heavy (non-hydrogen) atoms. The molecule has 1 aliphatic heterocycles. The van der Waals surface area contributed by atoms with Crippen molar-refractivity contribution < 1.29 is 9.53 Å². The molecule has 1 unspecified atom stereocenters. The van der Waals surface area contributed by atoms with E-state index >= 15 is 0 Å². The monoisotopic (exact) mass is 263 g/mol. The predicted octanol–water partition coefficient (Wildman–Crippen LogP) is 1.76. The van der Waals surface area contributed by atoms with E-state index in [0.29, 0.717) is 12.1 Å². The number of pyridine rings is 1. The third-order valence-corrected chi connectivity index (χ3v) is 3.42. The van der Waals surface area contributed by atoms with Crippen LogP contribution in [0.25, 0.3) is 0 Å². The van der Waals surface area contributed by atoms with Crippen LogP contribution in [-0.2, 0) is 4.74 Å². The van der Waals surface area contributed by atoms with Gasteiger partial charge in [0.05, 0.1) is 23.6 Å². The van der Waals surface area contributed by atoms with Crippen molar-refractivity contribution in [2.45, 2.75) is 25.4 Å². The third kappa shape index (κ3) is 3.44. The molecule has 1 amide bonds. The van der Waals surface area contributed by atoms with Crippen LogP contribution in [-0.4, -0.2) is 49.1 Å². The summed E-state index contributed by atoms with van der Waals surface area (Å²) in [4.78, 5) is 18.1. The molecule has 5 nitrogen and oxygen atoms in total. The summed E-state index contributed by atoms with van der Waals surface area (Å²) in [7, 11) is 3.61. The van der Waals surface area contributed by atoms with E-state index < -0.39 is 0 Å². The predicted molar refractivity (Wildman–Crippen MR) is 74.3 cm³/mol. The van der Waals surface area contributed by atoms with E-state index in [0.717, 1.165) is 25.1 Å². The Labute approximate surface area is 114 Å². The maximum absolute atomic E-state index is 12.4. The Balaban J connectivity index is 2.01. The van der Waals surface area contributed by atoms with Gasteiger partial charge in [-0.2, -0.15) is 0 Å². The van der Waals surface area contributed by atoms with Crippen LogP contribution in [0.1, 0.15) is 29.6 Å². The lowest BCUT2D eigenvalue weighted by Gasteiger charge is -2.27. The molecule has 104 valence electrons. The number of nitrogens with zero attached hydrogens (tertiary/aromatic N) is 2. The summed E-state index contributed by atoms with van der Waals surface area (Å²) in [6, 6.07) is 1.74. The molecule has 1 atom stereocenters. The maximum atomic E-state index is 12.4. The highest BCUT2D eigenvalue weighted by molar-refractivity contribution is 5.99. The normalized spacial score (nSPS) is 18.9. The van der Waals surface area contributed by atoms with E-state index in [9.17, 15) is 4.79 Å². The molecule has 0 aliphatic carbocycles. The summed E-state index contributed by atoms with van der Waals surface area (Å²) in [5.41, 5.74) is 1.40. The number of ether oxygens (including phenoxy) is 1. The Morgan fingerprint density at radius 1 is 1.58 bits per heavy atom. The van der Waals surface area contributed by atoms with Gasteiger partial charge in [0, 0.05) is 33.4 Å².